The quantitative estimate of drug-likeness (QED) is 0.321. The van der Waals surface area contributed by atoms with Crippen molar-refractivity contribution in [3.8, 4) is 22.3 Å². The van der Waals surface area contributed by atoms with E-state index >= 15 is 0 Å². The Hall–Kier alpha value is -2.74. The topological polar surface area (TPSA) is 12.0 Å². The highest BCUT2D eigenvalue weighted by Crippen LogP contribution is 2.49. The first-order chi connectivity index (χ1) is 17.4. The molecule has 0 saturated carbocycles. The molecule has 0 aromatic heterocycles. The van der Waals surface area contributed by atoms with E-state index in [9.17, 15) is 0 Å². The van der Waals surface area contributed by atoms with Crippen molar-refractivity contribution in [1.29, 1.82) is 0 Å². The van der Waals surface area contributed by atoms with Crippen molar-refractivity contribution in [3.63, 3.8) is 0 Å². The summed E-state index contributed by atoms with van der Waals surface area (Å²) in [6.45, 7) is 4.39. The van der Waals surface area contributed by atoms with Crippen LogP contribution in [0.1, 0.15) is 25.0 Å². The van der Waals surface area contributed by atoms with Gasteiger partial charge in [0.15, 0.2) is 0 Å². The summed E-state index contributed by atoms with van der Waals surface area (Å²) in [4.78, 5) is 0. The Morgan fingerprint density at radius 3 is 1.62 bits per heavy atom. The molecule has 4 aromatic rings. The molecule has 0 amide bonds. The maximum atomic E-state index is 6.49. The number of nitrogens with one attached hydrogen (secondary N) is 1. The Labute approximate surface area is 231 Å². The van der Waals surface area contributed by atoms with E-state index in [1.54, 1.807) is 0 Å². The van der Waals surface area contributed by atoms with Gasteiger partial charge in [0.25, 0.3) is 0 Å². The van der Waals surface area contributed by atoms with Crippen molar-refractivity contribution in [2.75, 3.05) is 5.32 Å². The minimum absolute atomic E-state index is 0.0815. The molecule has 0 bridgehead atoms. The van der Waals surface area contributed by atoms with Crippen LogP contribution in [0.25, 0.3) is 22.3 Å². The second-order valence-electron chi connectivity index (χ2n) is 9.90. The standard InChI is InChI=1S/C27H14B9N/c1-27(2)13-6-4-3-5-11(13)12-8-7-10(9-14(12)27)37-26-16(19(30)22(33)24(35)25(26)36)15-17(28)20(31)23(34)21(32)18(15)29/h3-9,37H,1-2H3. The lowest BCUT2D eigenvalue weighted by Crippen LogP contribution is -2.56. The van der Waals surface area contributed by atoms with E-state index in [0.29, 0.717) is 11.3 Å². The predicted octanol–water partition coefficient (Wildman–Crippen LogP) is -3.45. The first-order valence-corrected chi connectivity index (χ1v) is 11.7. The highest BCUT2D eigenvalue weighted by Gasteiger charge is 2.35. The average molecular weight is 450 g/mol. The zero-order valence-electron chi connectivity index (χ0n) is 20.7. The van der Waals surface area contributed by atoms with Crippen molar-refractivity contribution in [3.05, 3.63) is 53.6 Å². The van der Waals surface area contributed by atoms with Gasteiger partial charge in [0.1, 0.15) is 70.6 Å². The second kappa shape index (κ2) is 8.93. The SMILES string of the molecule is [B]c1c([B])c([B])c(-c2c([B])c([B])c([B])c([B])c2Nc2ccc3c(c2)C(C)(C)c2ccccc2-3)c([B])c1[B]. The number of fused-ring (bicyclic) bond motifs is 3. The maximum Gasteiger partial charge on any atom is 0.115 e. The first-order valence-electron chi connectivity index (χ1n) is 11.7. The van der Waals surface area contributed by atoms with E-state index in [0.717, 1.165) is 11.3 Å². The van der Waals surface area contributed by atoms with Crippen molar-refractivity contribution >= 4 is 131 Å². The van der Waals surface area contributed by atoms with E-state index in [-0.39, 0.29) is 60.1 Å². The van der Waals surface area contributed by atoms with Crippen molar-refractivity contribution in [2.45, 2.75) is 19.3 Å². The third-order valence-electron chi connectivity index (χ3n) is 7.46. The number of hydrogen-bond acceptors (Lipinski definition) is 1. The second-order valence-corrected chi connectivity index (χ2v) is 9.90. The number of anilines is 2. The zero-order valence-corrected chi connectivity index (χ0v) is 20.7. The van der Waals surface area contributed by atoms with Gasteiger partial charge in [-0.05, 0) is 45.5 Å². The van der Waals surface area contributed by atoms with E-state index in [4.69, 9.17) is 70.6 Å². The van der Waals surface area contributed by atoms with Crippen LogP contribution in [0.5, 0.6) is 0 Å². The lowest BCUT2D eigenvalue weighted by molar-refractivity contribution is 0.660. The van der Waals surface area contributed by atoms with Gasteiger partial charge in [-0.1, -0.05) is 66.0 Å². The lowest BCUT2D eigenvalue weighted by Gasteiger charge is -2.29. The predicted molar refractivity (Wildman–Crippen MR) is 168 cm³/mol. The Morgan fingerprint density at radius 2 is 1.00 bits per heavy atom. The molecular formula is C27H14B9N. The van der Waals surface area contributed by atoms with E-state index in [1.807, 2.05) is 12.1 Å². The van der Waals surface area contributed by atoms with E-state index in [2.05, 4.69) is 49.5 Å². The molecule has 5 rings (SSSR count). The molecule has 0 saturated heterocycles. The highest BCUT2D eigenvalue weighted by atomic mass is 14.9. The lowest BCUT2D eigenvalue weighted by atomic mass is 9.57. The van der Waals surface area contributed by atoms with Gasteiger partial charge < -0.3 is 5.32 Å². The summed E-state index contributed by atoms with van der Waals surface area (Å²) in [6.07, 6.45) is 0. The fraction of sp³-hybridized carbons (Fsp3) is 0.111. The number of benzene rings is 4. The summed E-state index contributed by atoms with van der Waals surface area (Å²) in [5, 5.41) is 3.39. The molecule has 154 valence electrons. The smallest absolute Gasteiger partial charge is 0.115 e. The molecule has 0 spiro atoms. The third kappa shape index (κ3) is 3.74. The largest absolute Gasteiger partial charge is 0.356 e. The van der Waals surface area contributed by atoms with Gasteiger partial charge in [0.05, 0.1) is 0 Å². The van der Waals surface area contributed by atoms with Crippen molar-refractivity contribution in [1.82, 2.24) is 0 Å². The Balaban J connectivity index is 1.74. The van der Waals surface area contributed by atoms with Gasteiger partial charge in [0, 0.05) is 16.8 Å². The minimum Gasteiger partial charge on any atom is -0.356 e. The number of hydrogen-bond donors (Lipinski definition) is 1. The van der Waals surface area contributed by atoms with E-state index in [1.165, 1.54) is 16.7 Å². The highest BCUT2D eigenvalue weighted by molar-refractivity contribution is 6.70. The van der Waals surface area contributed by atoms with Crippen LogP contribution in [0.4, 0.5) is 11.4 Å². The van der Waals surface area contributed by atoms with Gasteiger partial charge in [-0.3, -0.25) is 0 Å². The zero-order chi connectivity index (χ0) is 27.0. The van der Waals surface area contributed by atoms with Crippen LogP contribution in [0.3, 0.4) is 0 Å². The van der Waals surface area contributed by atoms with Crippen LogP contribution in [-0.2, 0) is 5.41 Å². The molecule has 4 aromatic carbocycles. The maximum absolute atomic E-state index is 6.49. The molecule has 1 N–H and O–H groups in total. The van der Waals surface area contributed by atoms with Crippen LogP contribution in [0.15, 0.2) is 42.5 Å². The fourth-order valence-corrected chi connectivity index (χ4v) is 5.26. The van der Waals surface area contributed by atoms with Gasteiger partial charge in [-0.25, -0.2) is 0 Å². The molecule has 0 unspecified atom stereocenters. The molecule has 0 heterocycles. The summed E-state index contributed by atoms with van der Waals surface area (Å²) in [5.74, 6) is 0. The molecule has 0 fully saturated rings. The summed E-state index contributed by atoms with van der Waals surface area (Å²) in [5.41, 5.74) is 7.33. The Bertz CT molecular complexity index is 1600. The molecule has 1 nitrogen and oxygen atoms in total. The molecular weight excluding hydrogens is 436 g/mol. The Morgan fingerprint density at radius 1 is 0.514 bits per heavy atom. The first kappa shape index (κ1) is 25.9. The minimum atomic E-state index is -0.203. The van der Waals surface area contributed by atoms with Gasteiger partial charge in [-0.15, -0.1) is 27.3 Å². The van der Waals surface area contributed by atoms with Crippen molar-refractivity contribution < 1.29 is 0 Å². The monoisotopic (exact) mass is 451 g/mol. The summed E-state index contributed by atoms with van der Waals surface area (Å²) in [7, 11) is 56.5. The molecule has 0 atom stereocenters. The molecule has 10 heteroatoms. The summed E-state index contributed by atoms with van der Waals surface area (Å²) in [6, 6.07) is 14.5. The molecule has 1 aliphatic rings. The van der Waals surface area contributed by atoms with Crippen LogP contribution in [0, 0.1) is 0 Å². The molecule has 18 radical (unpaired) electrons. The molecule has 0 aliphatic heterocycles. The van der Waals surface area contributed by atoms with Gasteiger partial charge in [-0.2, -0.15) is 0 Å². The van der Waals surface area contributed by atoms with Crippen molar-refractivity contribution in [2.24, 2.45) is 0 Å². The van der Waals surface area contributed by atoms with Crippen LogP contribution in [-0.4, -0.2) is 70.6 Å². The van der Waals surface area contributed by atoms with Gasteiger partial charge >= 0.3 is 0 Å². The van der Waals surface area contributed by atoms with Crippen LogP contribution in [0.2, 0.25) is 0 Å². The number of rotatable bonds is 3. The molecule has 37 heavy (non-hydrogen) atoms. The van der Waals surface area contributed by atoms with Crippen LogP contribution >= 0.6 is 0 Å². The third-order valence-corrected chi connectivity index (χ3v) is 7.46. The summed E-state index contributed by atoms with van der Waals surface area (Å²) < 4.78 is 0. The average Bonchev–Trinajstić information content (AvgIpc) is 3.11. The normalized spacial score (nSPS) is 13.2. The Kier molecular flexibility index (Phi) is 6.25. The van der Waals surface area contributed by atoms with Crippen LogP contribution < -0.4 is 54.5 Å². The fourth-order valence-electron chi connectivity index (χ4n) is 5.26. The van der Waals surface area contributed by atoms with Gasteiger partial charge in [0.2, 0.25) is 0 Å². The summed E-state index contributed by atoms with van der Waals surface area (Å²) >= 11 is 0. The van der Waals surface area contributed by atoms with E-state index < -0.39 is 0 Å². The molecule has 1 aliphatic carbocycles.